The van der Waals surface area contributed by atoms with Gasteiger partial charge < -0.3 is 14.6 Å². The van der Waals surface area contributed by atoms with Crippen LogP contribution < -0.4 is 10.6 Å². The number of anilines is 2. The topological polar surface area (TPSA) is 55.3 Å². The molecule has 0 saturated heterocycles. The zero-order chi connectivity index (χ0) is 16.2. The molecule has 5 heteroatoms. The molecule has 1 amide bonds. The minimum atomic E-state index is -0.507. The highest BCUT2D eigenvalue weighted by Crippen LogP contribution is 2.17. The van der Waals surface area contributed by atoms with Crippen LogP contribution in [0.5, 0.6) is 0 Å². The van der Waals surface area contributed by atoms with E-state index in [-0.39, 0.29) is 0 Å². The summed E-state index contributed by atoms with van der Waals surface area (Å²) in [6.45, 7) is 6.23. The van der Waals surface area contributed by atoms with Gasteiger partial charge in [-0.3, -0.25) is 5.32 Å². The highest BCUT2D eigenvalue weighted by molar-refractivity contribution is 5.85. The van der Waals surface area contributed by atoms with Crippen LogP contribution in [0, 0.1) is 0 Å². The number of carbonyl (C=O) groups excluding carboxylic acids is 1. The third-order valence-corrected chi connectivity index (χ3v) is 3.03. The van der Waals surface area contributed by atoms with Crippen molar-refractivity contribution in [2.45, 2.75) is 32.9 Å². The van der Waals surface area contributed by atoms with Crippen molar-refractivity contribution < 1.29 is 9.53 Å². The van der Waals surface area contributed by atoms with Crippen LogP contribution >= 0.6 is 0 Å². The monoisotopic (exact) mass is 301 g/mol. The fourth-order valence-electron chi connectivity index (χ4n) is 2.00. The van der Waals surface area contributed by atoms with E-state index >= 15 is 0 Å². The van der Waals surface area contributed by atoms with Gasteiger partial charge in [-0.25, -0.2) is 4.79 Å². The summed E-state index contributed by atoms with van der Waals surface area (Å²) < 4.78 is 7.31. The van der Waals surface area contributed by atoms with Gasteiger partial charge in [0.15, 0.2) is 0 Å². The first-order valence-electron chi connectivity index (χ1n) is 7.28. The van der Waals surface area contributed by atoms with Crippen LogP contribution in [-0.4, -0.2) is 16.3 Å². The lowest BCUT2D eigenvalue weighted by Gasteiger charge is -2.19. The molecule has 0 atom stereocenters. The molecule has 2 N–H and O–H groups in total. The van der Waals surface area contributed by atoms with Gasteiger partial charge in [0, 0.05) is 30.3 Å². The van der Waals surface area contributed by atoms with Gasteiger partial charge in [0.25, 0.3) is 0 Å². The van der Waals surface area contributed by atoms with Crippen molar-refractivity contribution in [2.24, 2.45) is 7.05 Å². The van der Waals surface area contributed by atoms with E-state index in [4.69, 9.17) is 4.74 Å². The Kier molecular flexibility index (Phi) is 4.75. The van der Waals surface area contributed by atoms with Gasteiger partial charge in [-0.1, -0.05) is 6.07 Å². The first-order valence-corrected chi connectivity index (χ1v) is 7.28. The Labute approximate surface area is 131 Å². The van der Waals surface area contributed by atoms with E-state index in [9.17, 15) is 4.79 Å². The number of aromatic nitrogens is 1. The van der Waals surface area contributed by atoms with E-state index in [1.54, 1.807) is 0 Å². The number of ether oxygens (including phenoxy) is 1. The molecular formula is C17H23N3O2. The SMILES string of the molecule is Cn1cccc1CNc1cccc(NC(=O)OC(C)(C)C)c1. The molecule has 0 bridgehead atoms. The zero-order valence-corrected chi connectivity index (χ0v) is 13.5. The average Bonchev–Trinajstić information content (AvgIpc) is 2.80. The van der Waals surface area contributed by atoms with Crippen molar-refractivity contribution >= 4 is 17.5 Å². The van der Waals surface area contributed by atoms with Gasteiger partial charge in [-0.2, -0.15) is 0 Å². The molecule has 0 unspecified atom stereocenters. The summed E-state index contributed by atoms with van der Waals surface area (Å²) in [5.41, 5.74) is 2.32. The van der Waals surface area contributed by atoms with Crippen LogP contribution in [0.15, 0.2) is 42.6 Å². The molecule has 22 heavy (non-hydrogen) atoms. The van der Waals surface area contributed by atoms with E-state index in [1.165, 1.54) is 5.69 Å². The largest absolute Gasteiger partial charge is 0.444 e. The summed E-state index contributed by atoms with van der Waals surface area (Å²) in [6, 6.07) is 11.6. The lowest BCUT2D eigenvalue weighted by Crippen LogP contribution is -2.27. The number of nitrogens with zero attached hydrogens (tertiary/aromatic N) is 1. The Hall–Kier alpha value is -2.43. The fraction of sp³-hybridized carbons (Fsp3) is 0.353. The van der Waals surface area contributed by atoms with Crippen molar-refractivity contribution in [3.63, 3.8) is 0 Å². The number of nitrogens with one attached hydrogen (secondary N) is 2. The van der Waals surface area contributed by atoms with Gasteiger partial charge in [0.2, 0.25) is 0 Å². The molecule has 2 aromatic rings. The maximum Gasteiger partial charge on any atom is 0.412 e. The zero-order valence-electron chi connectivity index (χ0n) is 13.5. The number of carbonyl (C=O) groups is 1. The Morgan fingerprint density at radius 2 is 1.91 bits per heavy atom. The molecule has 0 fully saturated rings. The predicted octanol–water partition coefficient (Wildman–Crippen LogP) is 3.98. The number of hydrogen-bond acceptors (Lipinski definition) is 3. The summed E-state index contributed by atoms with van der Waals surface area (Å²) >= 11 is 0. The van der Waals surface area contributed by atoms with Crippen molar-refractivity contribution in [3.8, 4) is 0 Å². The van der Waals surface area contributed by atoms with Gasteiger partial charge in [0.1, 0.15) is 5.60 Å². The maximum absolute atomic E-state index is 11.8. The van der Waals surface area contributed by atoms with Crippen LogP contribution in [-0.2, 0) is 18.3 Å². The molecule has 5 nitrogen and oxygen atoms in total. The molecular weight excluding hydrogens is 278 g/mol. The number of amides is 1. The van der Waals surface area contributed by atoms with Crippen LogP contribution in [0.2, 0.25) is 0 Å². The highest BCUT2D eigenvalue weighted by Gasteiger charge is 2.16. The third kappa shape index (κ3) is 4.84. The molecule has 0 radical (unpaired) electrons. The lowest BCUT2D eigenvalue weighted by atomic mass is 10.2. The number of benzene rings is 1. The Bertz CT molecular complexity index is 641. The quantitative estimate of drug-likeness (QED) is 0.898. The molecule has 0 aliphatic carbocycles. The Morgan fingerprint density at radius 1 is 1.18 bits per heavy atom. The standard InChI is InChI=1S/C17H23N3O2/c1-17(2,3)22-16(21)19-14-8-5-7-13(11-14)18-12-15-9-6-10-20(15)4/h5-11,18H,12H2,1-4H3,(H,19,21). The molecule has 0 spiro atoms. The summed E-state index contributed by atoms with van der Waals surface area (Å²) in [6.07, 6.45) is 1.56. The summed E-state index contributed by atoms with van der Waals surface area (Å²) in [4.78, 5) is 11.8. The first-order chi connectivity index (χ1) is 10.3. The van der Waals surface area contributed by atoms with E-state index in [2.05, 4.69) is 21.3 Å². The molecule has 1 aromatic heterocycles. The van der Waals surface area contributed by atoms with Crippen LogP contribution in [0.25, 0.3) is 0 Å². The molecule has 2 rings (SSSR count). The highest BCUT2D eigenvalue weighted by atomic mass is 16.6. The lowest BCUT2D eigenvalue weighted by molar-refractivity contribution is 0.0636. The van der Waals surface area contributed by atoms with E-state index in [0.29, 0.717) is 5.69 Å². The van der Waals surface area contributed by atoms with Crippen molar-refractivity contribution in [3.05, 3.63) is 48.3 Å². The smallest absolute Gasteiger partial charge is 0.412 e. The normalized spacial score (nSPS) is 11.1. The number of rotatable bonds is 4. The fourth-order valence-corrected chi connectivity index (χ4v) is 2.00. The first kappa shape index (κ1) is 15.9. The Balaban J connectivity index is 1.95. The second-order valence-corrected chi connectivity index (χ2v) is 6.17. The summed E-state index contributed by atoms with van der Waals surface area (Å²) in [5, 5.41) is 6.07. The van der Waals surface area contributed by atoms with Gasteiger partial charge in [0.05, 0.1) is 6.54 Å². The molecule has 1 heterocycles. The summed E-state index contributed by atoms with van der Waals surface area (Å²) in [5.74, 6) is 0. The maximum atomic E-state index is 11.8. The van der Waals surface area contributed by atoms with Crippen molar-refractivity contribution in [1.29, 1.82) is 0 Å². The molecule has 0 aliphatic rings. The van der Waals surface area contributed by atoms with Crippen molar-refractivity contribution in [1.82, 2.24) is 4.57 Å². The van der Waals surface area contributed by atoms with Gasteiger partial charge in [-0.15, -0.1) is 0 Å². The van der Waals surface area contributed by atoms with Gasteiger partial charge in [-0.05, 0) is 51.1 Å². The molecule has 118 valence electrons. The van der Waals surface area contributed by atoms with E-state index in [0.717, 1.165) is 12.2 Å². The summed E-state index contributed by atoms with van der Waals surface area (Å²) in [7, 11) is 2.01. The second kappa shape index (κ2) is 6.56. The van der Waals surface area contributed by atoms with E-state index in [1.807, 2.05) is 64.3 Å². The molecule has 0 saturated carbocycles. The number of aryl methyl sites for hydroxylation is 1. The van der Waals surface area contributed by atoms with Gasteiger partial charge >= 0.3 is 6.09 Å². The average molecular weight is 301 g/mol. The Morgan fingerprint density at radius 3 is 2.55 bits per heavy atom. The van der Waals surface area contributed by atoms with E-state index < -0.39 is 11.7 Å². The predicted molar refractivity (Wildman–Crippen MR) is 89.0 cm³/mol. The third-order valence-electron chi connectivity index (χ3n) is 3.03. The molecule has 0 aliphatic heterocycles. The minimum Gasteiger partial charge on any atom is -0.444 e. The number of hydrogen-bond donors (Lipinski definition) is 2. The second-order valence-electron chi connectivity index (χ2n) is 6.17. The molecule has 1 aromatic carbocycles. The van der Waals surface area contributed by atoms with Crippen LogP contribution in [0.4, 0.5) is 16.2 Å². The van der Waals surface area contributed by atoms with Crippen LogP contribution in [0.3, 0.4) is 0 Å². The minimum absolute atomic E-state index is 0.452. The van der Waals surface area contributed by atoms with Crippen LogP contribution in [0.1, 0.15) is 26.5 Å². The van der Waals surface area contributed by atoms with Crippen molar-refractivity contribution in [2.75, 3.05) is 10.6 Å².